The molecule has 2 aromatic carbocycles. The lowest BCUT2D eigenvalue weighted by atomic mass is 10.0. The number of ketones is 1. The van der Waals surface area contributed by atoms with E-state index in [2.05, 4.69) is 10.6 Å². The molecule has 0 saturated heterocycles. The highest BCUT2D eigenvalue weighted by atomic mass is 16.2. The molecule has 6 heteroatoms. The van der Waals surface area contributed by atoms with Crippen LogP contribution in [0.3, 0.4) is 0 Å². The summed E-state index contributed by atoms with van der Waals surface area (Å²) in [6, 6.07) is 19.8. The fraction of sp³-hybridized carbons (Fsp3) is 0.174. The molecule has 0 aliphatic carbocycles. The van der Waals surface area contributed by atoms with Crippen LogP contribution in [-0.4, -0.2) is 22.2 Å². The average molecular weight is 387 g/mol. The van der Waals surface area contributed by atoms with Gasteiger partial charge in [0.25, 0.3) is 0 Å². The highest BCUT2D eigenvalue weighted by molar-refractivity contribution is 6.08. The molecule has 3 aromatic rings. The second-order valence-corrected chi connectivity index (χ2v) is 7.08. The van der Waals surface area contributed by atoms with E-state index >= 15 is 0 Å². The minimum Gasteiger partial charge on any atom is -0.341 e. The Morgan fingerprint density at radius 3 is 2.17 bits per heavy atom. The Morgan fingerprint density at radius 2 is 1.52 bits per heavy atom. The van der Waals surface area contributed by atoms with Gasteiger partial charge in [0.15, 0.2) is 0 Å². The van der Waals surface area contributed by atoms with Gasteiger partial charge in [0.05, 0.1) is 11.6 Å². The molecular weight excluding hydrogens is 366 g/mol. The monoisotopic (exact) mass is 387 g/mol. The van der Waals surface area contributed by atoms with Crippen molar-refractivity contribution in [2.45, 2.75) is 25.8 Å². The summed E-state index contributed by atoms with van der Waals surface area (Å²) >= 11 is 0. The molecule has 6 nitrogen and oxygen atoms in total. The van der Waals surface area contributed by atoms with Gasteiger partial charge in [-0.2, -0.15) is 0 Å². The molecule has 29 heavy (non-hydrogen) atoms. The largest absolute Gasteiger partial charge is 0.341 e. The predicted molar refractivity (Wildman–Crippen MR) is 111 cm³/mol. The average Bonchev–Trinajstić information content (AvgIpc) is 3.31. The van der Waals surface area contributed by atoms with E-state index in [1.807, 2.05) is 28.8 Å². The summed E-state index contributed by atoms with van der Waals surface area (Å²) in [4.78, 5) is 36.7. The van der Waals surface area contributed by atoms with E-state index in [4.69, 9.17) is 0 Å². The Morgan fingerprint density at radius 1 is 0.862 bits per heavy atom. The number of anilines is 2. The minimum atomic E-state index is -0.303. The number of carbonyl (C=O) groups excluding carboxylic acids is 3. The molecule has 0 unspecified atom stereocenters. The Labute approximate surface area is 168 Å². The van der Waals surface area contributed by atoms with Crippen molar-refractivity contribution in [1.29, 1.82) is 0 Å². The number of hydrogen-bond acceptors (Lipinski definition) is 3. The predicted octanol–water partition coefficient (Wildman–Crippen LogP) is 3.80. The number of carbonyl (C=O) groups is 3. The van der Waals surface area contributed by atoms with Gasteiger partial charge in [-0.15, -0.1) is 0 Å². The van der Waals surface area contributed by atoms with Crippen molar-refractivity contribution < 1.29 is 14.4 Å². The zero-order chi connectivity index (χ0) is 20.4. The van der Waals surface area contributed by atoms with Crippen LogP contribution in [0.15, 0.2) is 66.7 Å². The van der Waals surface area contributed by atoms with E-state index in [1.54, 1.807) is 42.5 Å². The maximum atomic E-state index is 12.8. The SMILES string of the molecule is CC(=O)Nc1ccc(NC(=O)[C@H]2CCn3c(C(=O)c4ccccc4)ccc32)cc1. The number of aromatic nitrogens is 1. The third-order valence-electron chi connectivity index (χ3n) is 5.07. The van der Waals surface area contributed by atoms with Gasteiger partial charge < -0.3 is 15.2 Å². The Kier molecular flexibility index (Phi) is 4.99. The van der Waals surface area contributed by atoms with Gasteiger partial charge in [-0.05, 0) is 42.8 Å². The third kappa shape index (κ3) is 3.82. The molecule has 4 rings (SSSR count). The molecule has 1 aliphatic rings. The zero-order valence-electron chi connectivity index (χ0n) is 16.0. The molecule has 2 amide bonds. The first kappa shape index (κ1) is 18.7. The fourth-order valence-electron chi connectivity index (χ4n) is 3.71. The van der Waals surface area contributed by atoms with Gasteiger partial charge in [-0.1, -0.05) is 30.3 Å². The van der Waals surface area contributed by atoms with Crippen molar-refractivity contribution >= 4 is 29.0 Å². The van der Waals surface area contributed by atoms with Crippen molar-refractivity contribution in [3.05, 3.63) is 83.7 Å². The quantitative estimate of drug-likeness (QED) is 0.654. The van der Waals surface area contributed by atoms with E-state index in [9.17, 15) is 14.4 Å². The van der Waals surface area contributed by atoms with Crippen molar-refractivity contribution in [1.82, 2.24) is 4.57 Å². The topological polar surface area (TPSA) is 80.2 Å². The van der Waals surface area contributed by atoms with Crippen molar-refractivity contribution in [2.75, 3.05) is 10.6 Å². The summed E-state index contributed by atoms with van der Waals surface area (Å²) in [5, 5.41) is 5.62. The number of fused-ring (bicyclic) bond motifs is 1. The molecule has 0 saturated carbocycles. The molecular formula is C23H21N3O3. The highest BCUT2D eigenvalue weighted by Gasteiger charge is 2.32. The standard InChI is InChI=1S/C23H21N3O3/c1-15(27)24-17-7-9-18(10-8-17)25-23(29)19-13-14-26-20(19)11-12-21(26)22(28)16-5-3-2-4-6-16/h2-12,19H,13-14H2,1H3,(H,24,27)(H,25,29)/t19-/m0/s1. The highest BCUT2D eigenvalue weighted by Crippen LogP contribution is 2.32. The molecule has 0 fully saturated rings. The second-order valence-electron chi connectivity index (χ2n) is 7.08. The van der Waals surface area contributed by atoms with Gasteiger partial charge in [0.2, 0.25) is 17.6 Å². The molecule has 2 N–H and O–H groups in total. The number of rotatable bonds is 5. The molecule has 2 heterocycles. The van der Waals surface area contributed by atoms with E-state index in [1.165, 1.54) is 6.92 Å². The number of benzene rings is 2. The maximum Gasteiger partial charge on any atom is 0.233 e. The molecule has 1 aromatic heterocycles. The summed E-state index contributed by atoms with van der Waals surface area (Å²) in [5.41, 5.74) is 3.45. The molecule has 0 radical (unpaired) electrons. The Bertz CT molecular complexity index is 1070. The van der Waals surface area contributed by atoms with E-state index in [-0.39, 0.29) is 23.5 Å². The zero-order valence-corrected chi connectivity index (χ0v) is 16.0. The number of nitrogens with zero attached hydrogens (tertiary/aromatic N) is 1. The molecule has 0 bridgehead atoms. The van der Waals surface area contributed by atoms with Crippen LogP contribution < -0.4 is 10.6 Å². The van der Waals surface area contributed by atoms with Crippen LogP contribution in [0.4, 0.5) is 11.4 Å². The van der Waals surface area contributed by atoms with Crippen LogP contribution in [-0.2, 0) is 16.1 Å². The van der Waals surface area contributed by atoms with Crippen molar-refractivity contribution in [3.63, 3.8) is 0 Å². The lowest BCUT2D eigenvalue weighted by Gasteiger charge is -2.11. The van der Waals surface area contributed by atoms with E-state index in [0.29, 0.717) is 35.6 Å². The van der Waals surface area contributed by atoms with Gasteiger partial charge >= 0.3 is 0 Å². The first-order chi connectivity index (χ1) is 14.0. The summed E-state index contributed by atoms with van der Waals surface area (Å²) in [6.45, 7) is 2.08. The van der Waals surface area contributed by atoms with Gasteiger partial charge in [0.1, 0.15) is 0 Å². The van der Waals surface area contributed by atoms with Crippen LogP contribution in [0.1, 0.15) is 41.0 Å². The van der Waals surface area contributed by atoms with E-state index < -0.39 is 0 Å². The van der Waals surface area contributed by atoms with Crippen LogP contribution in [0.5, 0.6) is 0 Å². The Balaban J connectivity index is 1.48. The van der Waals surface area contributed by atoms with Gasteiger partial charge in [-0.3, -0.25) is 14.4 Å². The molecule has 1 atom stereocenters. The van der Waals surface area contributed by atoms with Crippen LogP contribution in [0.2, 0.25) is 0 Å². The number of hydrogen-bond donors (Lipinski definition) is 2. The first-order valence-corrected chi connectivity index (χ1v) is 9.50. The van der Waals surface area contributed by atoms with Crippen LogP contribution in [0, 0.1) is 0 Å². The van der Waals surface area contributed by atoms with Gasteiger partial charge in [-0.25, -0.2) is 0 Å². The normalized spacial score (nSPS) is 14.9. The number of amides is 2. The lowest BCUT2D eigenvalue weighted by Crippen LogP contribution is -2.19. The van der Waals surface area contributed by atoms with E-state index in [0.717, 1.165) is 5.69 Å². The minimum absolute atomic E-state index is 0.0357. The maximum absolute atomic E-state index is 12.8. The van der Waals surface area contributed by atoms with Gasteiger partial charge in [0, 0.05) is 36.1 Å². The molecule has 146 valence electrons. The Hall–Kier alpha value is -3.67. The summed E-state index contributed by atoms with van der Waals surface area (Å²) in [5.74, 6) is -0.587. The second kappa shape index (κ2) is 7.75. The molecule has 1 aliphatic heterocycles. The number of nitrogens with one attached hydrogen (secondary N) is 2. The van der Waals surface area contributed by atoms with Crippen molar-refractivity contribution in [2.24, 2.45) is 0 Å². The first-order valence-electron chi connectivity index (χ1n) is 9.50. The van der Waals surface area contributed by atoms with Crippen LogP contribution >= 0.6 is 0 Å². The fourth-order valence-corrected chi connectivity index (χ4v) is 3.71. The summed E-state index contributed by atoms with van der Waals surface area (Å²) in [7, 11) is 0. The third-order valence-corrected chi connectivity index (χ3v) is 5.07. The summed E-state index contributed by atoms with van der Waals surface area (Å²) < 4.78 is 1.94. The molecule has 0 spiro atoms. The van der Waals surface area contributed by atoms with Crippen molar-refractivity contribution in [3.8, 4) is 0 Å². The van der Waals surface area contributed by atoms with Crippen LogP contribution in [0.25, 0.3) is 0 Å². The lowest BCUT2D eigenvalue weighted by molar-refractivity contribution is -0.117. The summed E-state index contributed by atoms with van der Waals surface area (Å²) in [6.07, 6.45) is 0.654. The smallest absolute Gasteiger partial charge is 0.233 e.